The Morgan fingerprint density at radius 1 is 1.30 bits per heavy atom. The number of hydrogen-bond acceptors (Lipinski definition) is 3. The Kier molecular flexibility index (Phi) is 5.18. The first-order chi connectivity index (χ1) is 9.54. The minimum Gasteiger partial charge on any atom is -0.396 e. The third kappa shape index (κ3) is 3.59. The van der Waals surface area contributed by atoms with Crippen LogP contribution in [0.1, 0.15) is 31.7 Å². The summed E-state index contributed by atoms with van der Waals surface area (Å²) in [5.41, 5.74) is 1.06. The van der Waals surface area contributed by atoms with Gasteiger partial charge in [-0.05, 0) is 49.3 Å². The molecule has 1 N–H and O–H groups in total. The topological polar surface area (TPSA) is 57.6 Å². The summed E-state index contributed by atoms with van der Waals surface area (Å²) in [5.74, 6) is 0.433. The molecule has 1 aromatic carbocycles. The highest BCUT2D eigenvalue weighted by Crippen LogP contribution is 2.23. The zero-order valence-electron chi connectivity index (χ0n) is 12.0. The van der Waals surface area contributed by atoms with Crippen LogP contribution in [0.5, 0.6) is 0 Å². The molecule has 1 unspecified atom stereocenters. The van der Waals surface area contributed by atoms with E-state index in [2.05, 4.69) is 6.92 Å². The average molecular weight is 297 g/mol. The van der Waals surface area contributed by atoms with Crippen LogP contribution < -0.4 is 0 Å². The van der Waals surface area contributed by atoms with Gasteiger partial charge in [-0.1, -0.05) is 19.1 Å². The molecule has 20 heavy (non-hydrogen) atoms. The van der Waals surface area contributed by atoms with Crippen LogP contribution in [-0.4, -0.2) is 37.5 Å². The zero-order valence-corrected chi connectivity index (χ0v) is 12.8. The van der Waals surface area contributed by atoms with E-state index in [4.69, 9.17) is 5.11 Å². The molecule has 0 saturated carbocycles. The average Bonchev–Trinajstić information content (AvgIpc) is 2.45. The number of rotatable bonds is 5. The summed E-state index contributed by atoms with van der Waals surface area (Å²) in [6, 6.07) is 7.05. The van der Waals surface area contributed by atoms with Gasteiger partial charge in [-0.3, -0.25) is 0 Å². The van der Waals surface area contributed by atoms with Crippen molar-refractivity contribution in [2.45, 2.75) is 37.5 Å². The molecule has 1 fully saturated rings. The maximum Gasteiger partial charge on any atom is 0.243 e. The fourth-order valence-electron chi connectivity index (χ4n) is 2.62. The lowest BCUT2D eigenvalue weighted by atomic mass is 10.0. The van der Waals surface area contributed by atoms with Gasteiger partial charge in [0.05, 0.1) is 4.90 Å². The van der Waals surface area contributed by atoms with Crippen LogP contribution in [0.3, 0.4) is 0 Å². The van der Waals surface area contributed by atoms with Crippen LogP contribution in [0.4, 0.5) is 0 Å². The third-order valence-corrected chi connectivity index (χ3v) is 5.68. The first-order valence-corrected chi connectivity index (χ1v) is 8.68. The normalized spacial score (nSPS) is 21.0. The highest BCUT2D eigenvalue weighted by Gasteiger charge is 2.28. The molecule has 1 heterocycles. The minimum absolute atomic E-state index is 0.158. The van der Waals surface area contributed by atoms with Gasteiger partial charge in [-0.15, -0.1) is 0 Å². The molecule has 0 spiro atoms. The minimum atomic E-state index is -3.35. The number of hydrogen-bond donors (Lipinski definition) is 1. The fraction of sp³-hybridized carbons (Fsp3) is 0.600. The van der Waals surface area contributed by atoms with Crippen LogP contribution in [0.25, 0.3) is 0 Å². The number of aryl methyl sites for hydroxylation is 1. The first-order valence-electron chi connectivity index (χ1n) is 7.24. The second kappa shape index (κ2) is 6.70. The fourth-order valence-corrected chi connectivity index (χ4v) is 4.22. The molecule has 4 nitrogen and oxygen atoms in total. The largest absolute Gasteiger partial charge is 0.396 e. The van der Waals surface area contributed by atoms with E-state index >= 15 is 0 Å². The van der Waals surface area contributed by atoms with Crippen molar-refractivity contribution in [3.8, 4) is 0 Å². The smallest absolute Gasteiger partial charge is 0.243 e. The maximum absolute atomic E-state index is 12.5. The van der Waals surface area contributed by atoms with Gasteiger partial charge in [-0.2, -0.15) is 4.31 Å². The van der Waals surface area contributed by atoms with E-state index in [9.17, 15) is 8.42 Å². The Balaban J connectivity index is 2.12. The van der Waals surface area contributed by atoms with Crippen LogP contribution in [0.15, 0.2) is 29.2 Å². The lowest BCUT2D eigenvalue weighted by molar-refractivity contribution is 0.281. The van der Waals surface area contributed by atoms with E-state index < -0.39 is 10.0 Å². The Bertz CT molecular complexity index is 525. The number of nitrogens with zero attached hydrogens (tertiary/aromatic N) is 1. The van der Waals surface area contributed by atoms with Gasteiger partial charge in [0.25, 0.3) is 0 Å². The molecule has 0 amide bonds. The Morgan fingerprint density at radius 2 is 2.00 bits per heavy atom. The molecule has 112 valence electrons. The number of aliphatic hydroxyl groups excluding tert-OH is 1. The van der Waals surface area contributed by atoms with Gasteiger partial charge in [0.15, 0.2) is 0 Å². The van der Waals surface area contributed by atoms with Crippen molar-refractivity contribution in [3.63, 3.8) is 0 Å². The molecule has 0 aliphatic carbocycles. The van der Waals surface area contributed by atoms with Crippen LogP contribution in [0.2, 0.25) is 0 Å². The molecule has 2 rings (SSSR count). The Morgan fingerprint density at radius 3 is 2.60 bits per heavy atom. The molecule has 5 heteroatoms. The van der Waals surface area contributed by atoms with E-state index in [0.29, 0.717) is 30.3 Å². The SMILES string of the molecule is CC1CCCN(S(=O)(=O)c2ccc(CCCO)cc2)C1. The summed E-state index contributed by atoms with van der Waals surface area (Å²) < 4.78 is 26.7. The van der Waals surface area contributed by atoms with Crippen molar-refractivity contribution in [1.82, 2.24) is 4.31 Å². The lowest BCUT2D eigenvalue weighted by Crippen LogP contribution is -2.39. The van der Waals surface area contributed by atoms with Gasteiger partial charge >= 0.3 is 0 Å². The number of sulfonamides is 1. The summed E-state index contributed by atoms with van der Waals surface area (Å²) in [5, 5.41) is 8.80. The van der Waals surface area contributed by atoms with Crippen molar-refractivity contribution < 1.29 is 13.5 Å². The number of benzene rings is 1. The van der Waals surface area contributed by atoms with E-state index in [0.717, 1.165) is 24.8 Å². The van der Waals surface area contributed by atoms with Crippen molar-refractivity contribution in [1.29, 1.82) is 0 Å². The van der Waals surface area contributed by atoms with Crippen molar-refractivity contribution in [2.24, 2.45) is 5.92 Å². The lowest BCUT2D eigenvalue weighted by Gasteiger charge is -2.30. The summed E-state index contributed by atoms with van der Waals surface area (Å²) in [7, 11) is -3.35. The van der Waals surface area contributed by atoms with E-state index in [1.807, 2.05) is 12.1 Å². The molecule has 1 atom stereocenters. The highest BCUT2D eigenvalue weighted by molar-refractivity contribution is 7.89. The molecule has 1 aliphatic heterocycles. The predicted octanol–water partition coefficient (Wildman–Crippen LogP) is 2.03. The van der Waals surface area contributed by atoms with E-state index in [-0.39, 0.29) is 6.61 Å². The van der Waals surface area contributed by atoms with Gasteiger partial charge in [0, 0.05) is 19.7 Å². The zero-order chi connectivity index (χ0) is 14.6. The van der Waals surface area contributed by atoms with Crippen LogP contribution >= 0.6 is 0 Å². The van der Waals surface area contributed by atoms with Crippen molar-refractivity contribution in [2.75, 3.05) is 19.7 Å². The van der Waals surface area contributed by atoms with Crippen molar-refractivity contribution >= 4 is 10.0 Å². The Hall–Kier alpha value is -0.910. The van der Waals surface area contributed by atoms with Gasteiger partial charge < -0.3 is 5.11 Å². The summed E-state index contributed by atoms with van der Waals surface area (Å²) in [6.45, 7) is 3.50. The second-order valence-electron chi connectivity index (χ2n) is 5.58. The number of aliphatic hydroxyl groups is 1. The molecule has 1 aromatic rings. The molecular weight excluding hydrogens is 274 g/mol. The molecule has 0 radical (unpaired) electrons. The standard InChI is InChI=1S/C15H23NO3S/c1-13-4-2-10-16(12-13)20(18,19)15-8-6-14(7-9-15)5-3-11-17/h6-9,13,17H,2-5,10-12H2,1H3. The molecule has 1 aliphatic rings. The van der Waals surface area contributed by atoms with Gasteiger partial charge in [-0.25, -0.2) is 8.42 Å². The molecule has 0 bridgehead atoms. The molecular formula is C15H23NO3S. The second-order valence-corrected chi connectivity index (χ2v) is 7.52. The highest BCUT2D eigenvalue weighted by atomic mass is 32.2. The number of piperidine rings is 1. The summed E-state index contributed by atoms with van der Waals surface area (Å²) in [6.07, 6.45) is 3.52. The molecule has 0 aromatic heterocycles. The third-order valence-electron chi connectivity index (χ3n) is 3.80. The summed E-state index contributed by atoms with van der Waals surface area (Å²) >= 11 is 0. The van der Waals surface area contributed by atoms with Gasteiger partial charge in [0.1, 0.15) is 0 Å². The summed E-state index contributed by atoms with van der Waals surface area (Å²) in [4.78, 5) is 0.374. The monoisotopic (exact) mass is 297 g/mol. The quantitative estimate of drug-likeness (QED) is 0.904. The van der Waals surface area contributed by atoms with Crippen LogP contribution in [-0.2, 0) is 16.4 Å². The van der Waals surface area contributed by atoms with E-state index in [1.165, 1.54) is 0 Å². The van der Waals surface area contributed by atoms with Gasteiger partial charge in [0.2, 0.25) is 10.0 Å². The van der Waals surface area contributed by atoms with Crippen LogP contribution in [0, 0.1) is 5.92 Å². The first kappa shape index (κ1) is 15.5. The molecule has 1 saturated heterocycles. The van der Waals surface area contributed by atoms with E-state index in [1.54, 1.807) is 16.4 Å². The Labute approximate surface area is 121 Å². The van der Waals surface area contributed by atoms with Crippen molar-refractivity contribution in [3.05, 3.63) is 29.8 Å². The maximum atomic E-state index is 12.5. The predicted molar refractivity (Wildman–Crippen MR) is 79.0 cm³/mol.